The van der Waals surface area contributed by atoms with E-state index in [1.54, 1.807) is 6.92 Å². The van der Waals surface area contributed by atoms with Gasteiger partial charge in [0.15, 0.2) is 0 Å². The third-order valence-electron chi connectivity index (χ3n) is 1.78. The van der Waals surface area contributed by atoms with E-state index in [1.807, 2.05) is 11.9 Å². The Balaban J connectivity index is 2.51. The number of likely N-dealkylation sites (tertiary alicyclic amines) is 1. The fourth-order valence-electron chi connectivity index (χ4n) is 1.59. The predicted octanol–water partition coefficient (Wildman–Crippen LogP) is 0.411. The molecular weight excluding hydrogens is 133 g/mol. The van der Waals surface area contributed by atoms with Crippen molar-refractivity contribution >= 4 is 0 Å². The fraction of sp³-hybridized carbons (Fsp3) is 1.00. The van der Waals surface area contributed by atoms with E-state index < -0.39 is 11.8 Å². The molecule has 1 heterocycles. The molecule has 0 bridgehead atoms. The molecule has 1 aliphatic heterocycles. The lowest BCUT2D eigenvalue weighted by Gasteiger charge is -2.36. The number of likely N-dealkylation sites (N-methyl/N-ethyl adjacent to an activating group) is 1. The van der Waals surface area contributed by atoms with Gasteiger partial charge in [-0.25, -0.2) is 4.39 Å². The quantitative estimate of drug-likeness (QED) is 0.536. The summed E-state index contributed by atoms with van der Waals surface area (Å²) in [5.74, 6) is 0. The highest BCUT2D eigenvalue weighted by Crippen LogP contribution is 2.21. The Hall–Kier alpha value is -0.150. The highest BCUT2D eigenvalue weighted by Gasteiger charge is 2.32. The van der Waals surface area contributed by atoms with E-state index in [0.717, 1.165) is 0 Å². The number of rotatable bonds is 0. The molecule has 0 spiro atoms. The lowest BCUT2D eigenvalue weighted by Crippen LogP contribution is -2.49. The average molecular weight is 147 g/mol. The molecule has 2 unspecified atom stereocenters. The third kappa shape index (κ3) is 1.92. The van der Waals surface area contributed by atoms with Gasteiger partial charge in [-0.1, -0.05) is 0 Å². The van der Waals surface area contributed by atoms with Gasteiger partial charge in [0.25, 0.3) is 0 Å². The summed E-state index contributed by atoms with van der Waals surface area (Å²) in [6.07, 6.45) is -0.592. The second kappa shape index (κ2) is 2.47. The summed E-state index contributed by atoms with van der Waals surface area (Å²) in [5.41, 5.74) is -0.827. The average Bonchev–Trinajstić information content (AvgIpc) is 1.54. The highest BCUT2D eigenvalue weighted by molar-refractivity contribution is 4.86. The number of hydrogen-bond donors (Lipinski definition) is 1. The van der Waals surface area contributed by atoms with Gasteiger partial charge in [0.2, 0.25) is 0 Å². The highest BCUT2D eigenvalue weighted by atomic mass is 19.1. The summed E-state index contributed by atoms with van der Waals surface area (Å²) in [5, 5.41) is 9.43. The minimum atomic E-state index is -0.867. The van der Waals surface area contributed by atoms with Crippen molar-refractivity contribution in [2.45, 2.75) is 25.1 Å². The van der Waals surface area contributed by atoms with Crippen molar-refractivity contribution in [3.05, 3.63) is 0 Å². The molecule has 3 heteroatoms. The van der Waals surface area contributed by atoms with Crippen LogP contribution in [0.25, 0.3) is 0 Å². The molecule has 1 N–H and O–H groups in total. The van der Waals surface area contributed by atoms with Crippen LogP contribution in [0.15, 0.2) is 0 Å². The van der Waals surface area contributed by atoms with Crippen LogP contribution in [-0.4, -0.2) is 41.9 Å². The third-order valence-corrected chi connectivity index (χ3v) is 1.78. The van der Waals surface area contributed by atoms with Crippen LogP contribution in [0.2, 0.25) is 0 Å². The first kappa shape index (κ1) is 7.95. The van der Waals surface area contributed by atoms with E-state index >= 15 is 0 Å². The van der Waals surface area contributed by atoms with Crippen LogP contribution in [-0.2, 0) is 0 Å². The van der Waals surface area contributed by atoms with Crippen LogP contribution >= 0.6 is 0 Å². The molecule has 0 saturated carbocycles. The molecule has 60 valence electrons. The summed E-state index contributed by atoms with van der Waals surface area (Å²) >= 11 is 0. The minimum Gasteiger partial charge on any atom is -0.389 e. The normalized spacial score (nSPS) is 43.8. The van der Waals surface area contributed by atoms with Crippen LogP contribution in [0.1, 0.15) is 13.3 Å². The Morgan fingerprint density at radius 1 is 1.70 bits per heavy atom. The molecule has 1 saturated heterocycles. The van der Waals surface area contributed by atoms with Crippen LogP contribution < -0.4 is 0 Å². The van der Waals surface area contributed by atoms with Crippen LogP contribution in [0.5, 0.6) is 0 Å². The summed E-state index contributed by atoms with van der Waals surface area (Å²) in [4.78, 5) is 1.81. The Morgan fingerprint density at radius 3 is 2.70 bits per heavy atom. The lowest BCUT2D eigenvalue weighted by molar-refractivity contribution is -0.0381. The van der Waals surface area contributed by atoms with E-state index in [9.17, 15) is 9.50 Å². The number of piperidine rings is 1. The number of alkyl halides is 1. The van der Waals surface area contributed by atoms with Gasteiger partial charge in [-0.3, -0.25) is 0 Å². The van der Waals surface area contributed by atoms with Gasteiger partial charge in [-0.15, -0.1) is 0 Å². The van der Waals surface area contributed by atoms with Gasteiger partial charge in [-0.2, -0.15) is 0 Å². The van der Waals surface area contributed by atoms with Gasteiger partial charge < -0.3 is 10.0 Å². The molecule has 1 rings (SSSR count). The monoisotopic (exact) mass is 147 g/mol. The number of halogens is 1. The molecule has 1 fully saturated rings. The van der Waals surface area contributed by atoms with Crippen molar-refractivity contribution in [3.8, 4) is 0 Å². The first-order valence-electron chi connectivity index (χ1n) is 3.55. The van der Waals surface area contributed by atoms with E-state index in [-0.39, 0.29) is 6.42 Å². The maximum absolute atomic E-state index is 12.7. The SMILES string of the molecule is CN1CC(F)CC(C)(O)C1. The van der Waals surface area contributed by atoms with Gasteiger partial charge >= 0.3 is 0 Å². The Morgan fingerprint density at radius 2 is 2.30 bits per heavy atom. The molecule has 0 aliphatic carbocycles. The Bertz CT molecular complexity index is 115. The lowest BCUT2D eigenvalue weighted by atomic mass is 9.94. The second-order valence-electron chi connectivity index (χ2n) is 3.50. The molecule has 10 heavy (non-hydrogen) atoms. The van der Waals surface area contributed by atoms with Crippen molar-refractivity contribution in [2.75, 3.05) is 20.1 Å². The largest absolute Gasteiger partial charge is 0.389 e. The summed E-state index contributed by atoms with van der Waals surface area (Å²) in [6.45, 7) is 2.71. The first-order chi connectivity index (χ1) is 4.49. The zero-order valence-corrected chi connectivity index (χ0v) is 6.47. The van der Waals surface area contributed by atoms with Crippen molar-refractivity contribution in [1.29, 1.82) is 0 Å². The molecule has 2 atom stereocenters. The second-order valence-corrected chi connectivity index (χ2v) is 3.50. The van der Waals surface area contributed by atoms with Gasteiger partial charge in [0.1, 0.15) is 6.17 Å². The molecule has 2 nitrogen and oxygen atoms in total. The zero-order valence-electron chi connectivity index (χ0n) is 6.47. The molecule has 1 aliphatic rings. The van der Waals surface area contributed by atoms with E-state index in [1.165, 1.54) is 0 Å². The molecular formula is C7H14FNO. The molecule has 0 aromatic heterocycles. The number of hydrogen-bond acceptors (Lipinski definition) is 2. The van der Waals surface area contributed by atoms with Gasteiger partial charge in [-0.05, 0) is 14.0 Å². The van der Waals surface area contributed by atoms with E-state index in [2.05, 4.69) is 0 Å². The van der Waals surface area contributed by atoms with Crippen molar-refractivity contribution in [1.82, 2.24) is 4.90 Å². The predicted molar refractivity (Wildman–Crippen MR) is 37.6 cm³/mol. The summed E-state index contributed by atoms with van der Waals surface area (Å²) in [7, 11) is 1.82. The summed E-state index contributed by atoms with van der Waals surface area (Å²) < 4.78 is 12.7. The maximum atomic E-state index is 12.7. The van der Waals surface area contributed by atoms with Gasteiger partial charge in [0, 0.05) is 19.5 Å². The van der Waals surface area contributed by atoms with Crippen LogP contribution in [0.3, 0.4) is 0 Å². The van der Waals surface area contributed by atoms with E-state index in [0.29, 0.717) is 13.1 Å². The molecule has 0 aromatic rings. The molecule has 0 aromatic carbocycles. The fourth-order valence-corrected chi connectivity index (χ4v) is 1.59. The molecule has 0 amide bonds. The smallest absolute Gasteiger partial charge is 0.115 e. The number of β-amino-alcohol motifs (C(OH)–C–C–N with tert-alkyl or cyclic N) is 1. The molecule has 0 radical (unpaired) electrons. The maximum Gasteiger partial charge on any atom is 0.115 e. The van der Waals surface area contributed by atoms with Crippen LogP contribution in [0.4, 0.5) is 4.39 Å². The number of nitrogens with zero attached hydrogens (tertiary/aromatic N) is 1. The first-order valence-corrected chi connectivity index (χ1v) is 3.55. The Kier molecular flexibility index (Phi) is 1.97. The summed E-state index contributed by atoms with van der Waals surface area (Å²) in [6, 6.07) is 0. The van der Waals surface area contributed by atoms with E-state index in [4.69, 9.17) is 0 Å². The minimum absolute atomic E-state index is 0.275. The van der Waals surface area contributed by atoms with Crippen molar-refractivity contribution in [2.24, 2.45) is 0 Å². The topological polar surface area (TPSA) is 23.5 Å². The Labute approximate surface area is 60.6 Å². The van der Waals surface area contributed by atoms with Crippen molar-refractivity contribution < 1.29 is 9.50 Å². The van der Waals surface area contributed by atoms with Gasteiger partial charge in [0.05, 0.1) is 5.60 Å². The van der Waals surface area contributed by atoms with Crippen LogP contribution in [0, 0.1) is 0 Å². The zero-order chi connectivity index (χ0) is 7.78. The standard InChI is InChI=1S/C7H14FNO/c1-7(10)3-6(8)4-9(2)5-7/h6,10H,3-5H2,1-2H3. The van der Waals surface area contributed by atoms with Crippen molar-refractivity contribution in [3.63, 3.8) is 0 Å². The number of aliphatic hydroxyl groups is 1.